The topological polar surface area (TPSA) is 24.1 Å². The monoisotopic (exact) mass is 130 g/mol. The Morgan fingerprint density at radius 1 is 1.11 bits per heavy atom. The van der Waals surface area contributed by atoms with Crippen LogP contribution in [0.4, 0.5) is 0 Å². The van der Waals surface area contributed by atoms with Gasteiger partial charge in [0, 0.05) is 0 Å². The molecule has 0 aliphatic carbocycles. The first kappa shape index (κ1) is 8.92. The summed E-state index contributed by atoms with van der Waals surface area (Å²) in [6, 6.07) is 0. The second kappa shape index (κ2) is 6.05. The molecule has 2 heteroatoms. The Morgan fingerprint density at radius 2 is 1.56 bits per heavy atom. The number of nitrogens with one attached hydrogen (secondary N) is 2. The van der Waals surface area contributed by atoms with Gasteiger partial charge in [-0.2, -0.15) is 0 Å². The largest absolute Gasteiger partial charge is 0.319 e. The Hall–Kier alpha value is -0.0800. The minimum Gasteiger partial charge on any atom is -0.319 e. The van der Waals surface area contributed by atoms with Crippen LogP contribution in [0, 0.1) is 5.92 Å². The number of hydrogen-bond donors (Lipinski definition) is 2. The van der Waals surface area contributed by atoms with Crippen molar-refractivity contribution < 1.29 is 0 Å². The normalized spacial score (nSPS) is 10.7. The molecule has 0 unspecified atom stereocenters. The van der Waals surface area contributed by atoms with Crippen LogP contribution in [0.5, 0.6) is 0 Å². The van der Waals surface area contributed by atoms with Crippen molar-refractivity contribution in [2.45, 2.75) is 13.3 Å². The maximum Gasteiger partial charge on any atom is -0.00115 e. The predicted molar refractivity (Wildman–Crippen MR) is 41.6 cm³/mol. The molecular formula is C7H18N2. The van der Waals surface area contributed by atoms with Crippen molar-refractivity contribution in [3.8, 4) is 0 Å². The van der Waals surface area contributed by atoms with Crippen molar-refractivity contribution in [1.82, 2.24) is 10.6 Å². The van der Waals surface area contributed by atoms with E-state index in [9.17, 15) is 0 Å². The van der Waals surface area contributed by atoms with Crippen LogP contribution in [0.2, 0.25) is 0 Å². The quantitative estimate of drug-likeness (QED) is 0.564. The zero-order chi connectivity index (χ0) is 7.11. The van der Waals surface area contributed by atoms with Crippen molar-refractivity contribution in [3.63, 3.8) is 0 Å². The van der Waals surface area contributed by atoms with Crippen molar-refractivity contribution in [2.75, 3.05) is 27.2 Å². The number of rotatable bonds is 5. The molecule has 0 aromatic rings. The van der Waals surface area contributed by atoms with E-state index >= 15 is 0 Å². The fraction of sp³-hybridized carbons (Fsp3) is 1.00. The Balaban J connectivity index is 3.18. The third-order valence-corrected chi connectivity index (χ3v) is 1.56. The average Bonchev–Trinajstić information content (AvgIpc) is 1.88. The van der Waals surface area contributed by atoms with E-state index in [-0.39, 0.29) is 0 Å². The molecule has 9 heavy (non-hydrogen) atoms. The fourth-order valence-electron chi connectivity index (χ4n) is 0.938. The summed E-state index contributed by atoms with van der Waals surface area (Å²) in [7, 11) is 4.00. The SMILES string of the molecule is CCC(CNC)CNC. The van der Waals surface area contributed by atoms with Crippen LogP contribution in [0.1, 0.15) is 13.3 Å². The molecule has 0 aliphatic rings. The Morgan fingerprint density at radius 3 is 1.78 bits per heavy atom. The van der Waals surface area contributed by atoms with Gasteiger partial charge in [-0.15, -0.1) is 0 Å². The number of hydrogen-bond acceptors (Lipinski definition) is 2. The fourth-order valence-corrected chi connectivity index (χ4v) is 0.938. The maximum absolute atomic E-state index is 3.16. The molecule has 0 spiro atoms. The highest BCUT2D eigenvalue weighted by molar-refractivity contribution is 4.59. The van der Waals surface area contributed by atoms with Crippen LogP contribution in [0.15, 0.2) is 0 Å². The molecule has 2 N–H and O–H groups in total. The van der Waals surface area contributed by atoms with Crippen molar-refractivity contribution in [1.29, 1.82) is 0 Å². The Labute approximate surface area is 58.0 Å². The van der Waals surface area contributed by atoms with E-state index in [2.05, 4.69) is 17.6 Å². The van der Waals surface area contributed by atoms with E-state index in [1.165, 1.54) is 6.42 Å². The Bertz CT molecular complexity index is 48.9. The molecular weight excluding hydrogens is 112 g/mol. The highest BCUT2D eigenvalue weighted by Gasteiger charge is 2.00. The van der Waals surface area contributed by atoms with Gasteiger partial charge in [0.25, 0.3) is 0 Å². The third-order valence-electron chi connectivity index (χ3n) is 1.56. The second-order valence-corrected chi connectivity index (χ2v) is 2.39. The molecule has 0 fully saturated rings. The summed E-state index contributed by atoms with van der Waals surface area (Å²) in [5.74, 6) is 0.792. The zero-order valence-electron chi connectivity index (χ0n) is 6.70. The molecule has 0 aliphatic heterocycles. The third kappa shape index (κ3) is 4.43. The summed E-state index contributed by atoms with van der Waals surface area (Å²) in [4.78, 5) is 0. The molecule has 0 amide bonds. The minimum absolute atomic E-state index is 0.792. The van der Waals surface area contributed by atoms with Crippen LogP contribution in [0.25, 0.3) is 0 Å². The van der Waals surface area contributed by atoms with Crippen molar-refractivity contribution in [2.24, 2.45) is 5.92 Å². The van der Waals surface area contributed by atoms with Crippen LogP contribution >= 0.6 is 0 Å². The summed E-state index contributed by atoms with van der Waals surface area (Å²) in [6.45, 7) is 4.47. The van der Waals surface area contributed by atoms with Gasteiger partial charge in [-0.3, -0.25) is 0 Å². The molecule has 0 heterocycles. The van der Waals surface area contributed by atoms with Gasteiger partial charge in [-0.05, 0) is 33.1 Å². The molecule has 2 nitrogen and oxygen atoms in total. The second-order valence-electron chi connectivity index (χ2n) is 2.39. The molecule has 0 aromatic carbocycles. The molecule has 56 valence electrons. The van der Waals surface area contributed by atoms with E-state index in [4.69, 9.17) is 0 Å². The first-order valence-electron chi connectivity index (χ1n) is 3.64. The molecule has 0 saturated heterocycles. The van der Waals surface area contributed by atoms with E-state index in [0.29, 0.717) is 0 Å². The average molecular weight is 130 g/mol. The lowest BCUT2D eigenvalue weighted by Gasteiger charge is -2.12. The lowest BCUT2D eigenvalue weighted by Crippen LogP contribution is -2.27. The Kier molecular flexibility index (Phi) is 5.99. The zero-order valence-corrected chi connectivity index (χ0v) is 6.70. The van der Waals surface area contributed by atoms with Gasteiger partial charge < -0.3 is 10.6 Å². The molecule has 0 aromatic heterocycles. The maximum atomic E-state index is 3.16. The van der Waals surface area contributed by atoms with Crippen LogP contribution in [-0.2, 0) is 0 Å². The van der Waals surface area contributed by atoms with E-state index in [0.717, 1.165) is 19.0 Å². The smallest absolute Gasteiger partial charge is 0.00115 e. The summed E-state index contributed by atoms with van der Waals surface area (Å²) in [5.41, 5.74) is 0. The van der Waals surface area contributed by atoms with E-state index in [1.54, 1.807) is 0 Å². The molecule has 0 atom stereocenters. The first-order chi connectivity index (χ1) is 4.35. The highest BCUT2D eigenvalue weighted by atomic mass is 14.9. The highest BCUT2D eigenvalue weighted by Crippen LogP contribution is 1.96. The van der Waals surface area contributed by atoms with E-state index < -0.39 is 0 Å². The van der Waals surface area contributed by atoms with Gasteiger partial charge in [0.15, 0.2) is 0 Å². The summed E-state index contributed by atoms with van der Waals surface area (Å²) < 4.78 is 0. The minimum atomic E-state index is 0.792. The van der Waals surface area contributed by atoms with Gasteiger partial charge >= 0.3 is 0 Å². The van der Waals surface area contributed by atoms with Crippen molar-refractivity contribution >= 4 is 0 Å². The van der Waals surface area contributed by atoms with Crippen LogP contribution in [-0.4, -0.2) is 27.2 Å². The molecule has 0 saturated carbocycles. The van der Waals surface area contributed by atoms with Crippen LogP contribution in [0.3, 0.4) is 0 Å². The molecule has 0 bridgehead atoms. The summed E-state index contributed by atoms with van der Waals surface area (Å²) in [6.07, 6.45) is 1.25. The summed E-state index contributed by atoms with van der Waals surface area (Å²) in [5, 5.41) is 6.33. The lowest BCUT2D eigenvalue weighted by atomic mass is 10.1. The molecule has 0 radical (unpaired) electrons. The standard InChI is InChI=1S/C7H18N2/c1-4-7(5-8-2)6-9-3/h7-9H,4-6H2,1-3H3. The molecule has 0 rings (SSSR count). The first-order valence-corrected chi connectivity index (χ1v) is 3.64. The predicted octanol–water partition coefficient (Wildman–Crippen LogP) is 0.451. The van der Waals surface area contributed by atoms with Crippen molar-refractivity contribution in [3.05, 3.63) is 0 Å². The van der Waals surface area contributed by atoms with Gasteiger partial charge in [-0.1, -0.05) is 13.3 Å². The summed E-state index contributed by atoms with van der Waals surface area (Å²) >= 11 is 0. The van der Waals surface area contributed by atoms with Gasteiger partial charge in [0.1, 0.15) is 0 Å². The van der Waals surface area contributed by atoms with Gasteiger partial charge in [0.05, 0.1) is 0 Å². The van der Waals surface area contributed by atoms with E-state index in [1.807, 2.05) is 14.1 Å². The lowest BCUT2D eigenvalue weighted by molar-refractivity contribution is 0.463. The van der Waals surface area contributed by atoms with Gasteiger partial charge in [-0.25, -0.2) is 0 Å². The van der Waals surface area contributed by atoms with Crippen LogP contribution < -0.4 is 10.6 Å². The van der Waals surface area contributed by atoms with Gasteiger partial charge in [0.2, 0.25) is 0 Å².